The van der Waals surface area contributed by atoms with Gasteiger partial charge in [0.2, 0.25) is 0 Å². The lowest BCUT2D eigenvalue weighted by Crippen LogP contribution is -2.26. The number of hydrogen-bond acceptors (Lipinski definition) is 2. The molecule has 1 aromatic rings. The van der Waals surface area contributed by atoms with Gasteiger partial charge in [-0.15, -0.1) is 12.4 Å². The van der Waals surface area contributed by atoms with Crippen LogP contribution in [0, 0.1) is 0 Å². The molecule has 2 nitrogen and oxygen atoms in total. The standard InChI is InChI=1S/C11H15NO.ClH/c13-10-6-4-9(5-7-10)11-3-1-2-8-12-11;/h4-7,11-13H,1-3,8H2;1H/t11-;/m1./s1. The highest BCUT2D eigenvalue weighted by Gasteiger charge is 2.13. The lowest BCUT2D eigenvalue weighted by atomic mass is 9.98. The van der Waals surface area contributed by atoms with E-state index in [0.29, 0.717) is 11.8 Å². The van der Waals surface area contributed by atoms with Gasteiger partial charge in [0.1, 0.15) is 5.75 Å². The Morgan fingerprint density at radius 2 is 1.86 bits per heavy atom. The number of nitrogens with one attached hydrogen (secondary N) is 1. The van der Waals surface area contributed by atoms with Crippen molar-refractivity contribution in [3.05, 3.63) is 29.8 Å². The van der Waals surface area contributed by atoms with Crippen LogP contribution in [-0.2, 0) is 0 Å². The Morgan fingerprint density at radius 3 is 2.43 bits per heavy atom. The van der Waals surface area contributed by atoms with Crippen molar-refractivity contribution in [2.75, 3.05) is 6.54 Å². The highest BCUT2D eigenvalue weighted by atomic mass is 35.5. The number of hydrogen-bond donors (Lipinski definition) is 2. The third-order valence-electron chi connectivity index (χ3n) is 2.61. The monoisotopic (exact) mass is 213 g/mol. The van der Waals surface area contributed by atoms with Crippen molar-refractivity contribution < 1.29 is 5.11 Å². The van der Waals surface area contributed by atoms with Crippen LogP contribution in [0.2, 0.25) is 0 Å². The molecular formula is C11H16ClNO. The number of aromatic hydroxyl groups is 1. The van der Waals surface area contributed by atoms with Crippen LogP contribution >= 0.6 is 12.4 Å². The minimum Gasteiger partial charge on any atom is -0.508 e. The van der Waals surface area contributed by atoms with Crippen LogP contribution < -0.4 is 5.32 Å². The molecule has 2 rings (SSSR count). The Hall–Kier alpha value is -0.730. The quantitative estimate of drug-likeness (QED) is 0.752. The van der Waals surface area contributed by atoms with Gasteiger partial charge < -0.3 is 10.4 Å². The molecule has 0 unspecified atom stereocenters. The number of rotatable bonds is 1. The molecule has 0 aliphatic carbocycles. The molecule has 0 aromatic heterocycles. The molecule has 14 heavy (non-hydrogen) atoms. The van der Waals surface area contributed by atoms with Crippen LogP contribution in [-0.4, -0.2) is 11.7 Å². The van der Waals surface area contributed by atoms with Crippen molar-refractivity contribution in [2.24, 2.45) is 0 Å². The van der Waals surface area contributed by atoms with Crippen molar-refractivity contribution in [3.8, 4) is 5.75 Å². The summed E-state index contributed by atoms with van der Waals surface area (Å²) in [6.45, 7) is 1.12. The molecule has 1 aliphatic rings. The molecule has 1 aromatic carbocycles. The summed E-state index contributed by atoms with van der Waals surface area (Å²) in [7, 11) is 0. The second-order valence-electron chi connectivity index (χ2n) is 3.59. The summed E-state index contributed by atoms with van der Waals surface area (Å²) in [5.41, 5.74) is 1.29. The zero-order valence-corrected chi connectivity index (χ0v) is 8.89. The van der Waals surface area contributed by atoms with Gasteiger partial charge in [0, 0.05) is 6.04 Å². The zero-order chi connectivity index (χ0) is 9.10. The highest BCUT2D eigenvalue weighted by molar-refractivity contribution is 5.85. The second-order valence-corrected chi connectivity index (χ2v) is 3.59. The minimum atomic E-state index is 0. The summed E-state index contributed by atoms with van der Waals surface area (Å²) in [4.78, 5) is 0. The lowest BCUT2D eigenvalue weighted by molar-refractivity contribution is 0.411. The molecule has 0 spiro atoms. The van der Waals surface area contributed by atoms with Crippen molar-refractivity contribution >= 4 is 12.4 Å². The molecule has 0 radical (unpaired) electrons. The Morgan fingerprint density at radius 1 is 1.14 bits per heavy atom. The summed E-state index contributed by atoms with van der Waals surface area (Å²) in [5.74, 6) is 0.347. The van der Waals surface area contributed by atoms with E-state index in [2.05, 4.69) is 5.32 Å². The summed E-state index contributed by atoms with van der Waals surface area (Å²) in [6.07, 6.45) is 3.80. The highest BCUT2D eigenvalue weighted by Crippen LogP contribution is 2.23. The molecule has 0 bridgehead atoms. The van der Waals surface area contributed by atoms with E-state index in [4.69, 9.17) is 5.11 Å². The van der Waals surface area contributed by atoms with Crippen molar-refractivity contribution in [3.63, 3.8) is 0 Å². The van der Waals surface area contributed by atoms with Crippen LogP contribution in [0.4, 0.5) is 0 Å². The fourth-order valence-corrected chi connectivity index (χ4v) is 1.84. The van der Waals surface area contributed by atoms with E-state index in [1.165, 1.54) is 24.8 Å². The second kappa shape index (κ2) is 5.23. The van der Waals surface area contributed by atoms with Crippen LogP contribution in [0.25, 0.3) is 0 Å². The van der Waals surface area contributed by atoms with E-state index in [-0.39, 0.29) is 12.4 Å². The van der Waals surface area contributed by atoms with Crippen LogP contribution in [0.1, 0.15) is 30.9 Å². The first-order chi connectivity index (χ1) is 6.36. The first kappa shape index (κ1) is 11.3. The molecular weight excluding hydrogens is 198 g/mol. The smallest absolute Gasteiger partial charge is 0.115 e. The molecule has 0 amide bonds. The molecule has 1 heterocycles. The van der Waals surface area contributed by atoms with Gasteiger partial charge in [-0.05, 0) is 37.1 Å². The average molecular weight is 214 g/mol. The maximum Gasteiger partial charge on any atom is 0.115 e. The van der Waals surface area contributed by atoms with Gasteiger partial charge in [-0.2, -0.15) is 0 Å². The van der Waals surface area contributed by atoms with Gasteiger partial charge in [0.25, 0.3) is 0 Å². The van der Waals surface area contributed by atoms with Gasteiger partial charge in [-0.25, -0.2) is 0 Å². The fourth-order valence-electron chi connectivity index (χ4n) is 1.84. The Kier molecular flexibility index (Phi) is 4.23. The topological polar surface area (TPSA) is 32.3 Å². The molecule has 1 saturated heterocycles. The van der Waals surface area contributed by atoms with Crippen molar-refractivity contribution in [1.29, 1.82) is 0 Å². The van der Waals surface area contributed by atoms with Crippen molar-refractivity contribution in [1.82, 2.24) is 5.32 Å². The van der Waals surface area contributed by atoms with Gasteiger partial charge in [-0.1, -0.05) is 18.6 Å². The van der Waals surface area contributed by atoms with E-state index in [0.717, 1.165) is 6.54 Å². The molecule has 3 heteroatoms. The Labute approximate surface area is 90.7 Å². The number of piperidine rings is 1. The van der Waals surface area contributed by atoms with Crippen LogP contribution in [0.5, 0.6) is 5.75 Å². The van der Waals surface area contributed by atoms with Crippen LogP contribution in [0.3, 0.4) is 0 Å². The van der Waals surface area contributed by atoms with E-state index in [9.17, 15) is 0 Å². The zero-order valence-electron chi connectivity index (χ0n) is 8.07. The fraction of sp³-hybridized carbons (Fsp3) is 0.455. The average Bonchev–Trinajstić information content (AvgIpc) is 2.20. The van der Waals surface area contributed by atoms with E-state index in [1.54, 1.807) is 12.1 Å². The third kappa shape index (κ3) is 2.63. The number of phenols is 1. The van der Waals surface area contributed by atoms with Gasteiger partial charge in [0.15, 0.2) is 0 Å². The number of benzene rings is 1. The molecule has 1 atom stereocenters. The predicted octanol–water partition coefficient (Wildman–Crippen LogP) is 2.63. The van der Waals surface area contributed by atoms with Gasteiger partial charge in [-0.3, -0.25) is 0 Å². The summed E-state index contributed by atoms with van der Waals surface area (Å²) < 4.78 is 0. The van der Waals surface area contributed by atoms with Crippen LogP contribution in [0.15, 0.2) is 24.3 Å². The maximum absolute atomic E-state index is 9.13. The van der Waals surface area contributed by atoms with E-state index >= 15 is 0 Å². The van der Waals surface area contributed by atoms with Gasteiger partial charge >= 0.3 is 0 Å². The first-order valence-corrected chi connectivity index (χ1v) is 4.88. The summed E-state index contributed by atoms with van der Waals surface area (Å²) in [6, 6.07) is 8.00. The first-order valence-electron chi connectivity index (χ1n) is 4.88. The summed E-state index contributed by atoms with van der Waals surface area (Å²) in [5, 5.41) is 12.6. The maximum atomic E-state index is 9.13. The predicted molar refractivity (Wildman–Crippen MR) is 59.9 cm³/mol. The molecule has 1 fully saturated rings. The normalized spacial score (nSPS) is 21.3. The SMILES string of the molecule is Cl.Oc1ccc([C@H]2CCCCN2)cc1. The lowest BCUT2D eigenvalue weighted by Gasteiger charge is -2.23. The number of phenolic OH excluding ortho intramolecular Hbond substituents is 1. The van der Waals surface area contributed by atoms with Gasteiger partial charge in [0.05, 0.1) is 0 Å². The Bertz CT molecular complexity index is 267. The summed E-state index contributed by atoms with van der Waals surface area (Å²) >= 11 is 0. The molecule has 78 valence electrons. The molecule has 1 aliphatic heterocycles. The third-order valence-corrected chi connectivity index (χ3v) is 2.61. The number of halogens is 1. The molecule has 2 N–H and O–H groups in total. The van der Waals surface area contributed by atoms with Crippen molar-refractivity contribution in [2.45, 2.75) is 25.3 Å². The van der Waals surface area contributed by atoms with E-state index in [1.807, 2.05) is 12.1 Å². The Balaban J connectivity index is 0.000000980. The minimum absolute atomic E-state index is 0. The largest absolute Gasteiger partial charge is 0.508 e. The van der Waals surface area contributed by atoms with E-state index < -0.39 is 0 Å². The molecule has 0 saturated carbocycles.